The summed E-state index contributed by atoms with van der Waals surface area (Å²) in [5, 5.41) is 0. The predicted molar refractivity (Wildman–Crippen MR) is 45.4 cm³/mol. The highest BCUT2D eigenvalue weighted by molar-refractivity contribution is 5.88. The lowest BCUT2D eigenvalue weighted by Gasteiger charge is -2.03. The molecule has 1 heterocycles. The lowest BCUT2D eigenvalue weighted by atomic mass is 10.1. The second-order valence-electron chi connectivity index (χ2n) is 3.01. The largest absolute Gasteiger partial charge is 0.459 e. The third kappa shape index (κ3) is 2.55. The average Bonchev–Trinajstić information content (AvgIpc) is 2.47. The first-order chi connectivity index (χ1) is 5.72. The molecule has 0 aliphatic carbocycles. The van der Waals surface area contributed by atoms with E-state index in [0.29, 0.717) is 5.92 Å². The number of nitrogens with zero attached hydrogens (tertiary/aromatic N) is 1. The zero-order chi connectivity index (χ0) is 8.97. The fraction of sp³-hybridized carbons (Fsp3) is 0.667. The second-order valence-corrected chi connectivity index (χ2v) is 3.01. The molecule has 1 aliphatic rings. The summed E-state index contributed by atoms with van der Waals surface area (Å²) in [6, 6.07) is 0. The number of hydrogen-bond acceptors (Lipinski definition) is 3. The van der Waals surface area contributed by atoms with E-state index in [1.807, 2.05) is 0 Å². The van der Waals surface area contributed by atoms with Gasteiger partial charge in [-0.2, -0.15) is 0 Å². The molecule has 0 N–H and O–H groups in total. The molecule has 0 aromatic rings. The Morgan fingerprint density at radius 1 is 1.67 bits per heavy atom. The van der Waals surface area contributed by atoms with Crippen LogP contribution in [0.15, 0.2) is 0 Å². The van der Waals surface area contributed by atoms with E-state index >= 15 is 0 Å². The molecule has 1 fully saturated rings. The molecule has 12 heavy (non-hydrogen) atoms. The molecule has 1 atom stereocenters. The third-order valence-corrected chi connectivity index (χ3v) is 1.96. The van der Waals surface area contributed by atoms with Crippen LogP contribution < -0.4 is 0 Å². The van der Waals surface area contributed by atoms with E-state index < -0.39 is 5.97 Å². The Morgan fingerprint density at radius 2 is 2.42 bits per heavy atom. The van der Waals surface area contributed by atoms with Crippen molar-refractivity contribution in [2.75, 3.05) is 27.2 Å². The van der Waals surface area contributed by atoms with E-state index in [4.69, 9.17) is 0 Å². The Morgan fingerprint density at radius 3 is 2.92 bits per heavy atom. The number of esters is 1. The maximum atomic E-state index is 10.6. The summed E-state index contributed by atoms with van der Waals surface area (Å²) in [6.07, 6.45) is 1.06. The van der Waals surface area contributed by atoms with Gasteiger partial charge in [0, 0.05) is 18.4 Å². The summed E-state index contributed by atoms with van der Waals surface area (Å²) in [5.74, 6) is 5.26. The van der Waals surface area contributed by atoms with E-state index in [9.17, 15) is 4.79 Å². The van der Waals surface area contributed by atoms with E-state index in [2.05, 4.69) is 28.5 Å². The van der Waals surface area contributed by atoms with E-state index in [1.54, 1.807) is 0 Å². The molecular formula is C9H13NO2. The van der Waals surface area contributed by atoms with Crippen molar-refractivity contribution in [2.45, 2.75) is 6.42 Å². The Bertz CT molecular complexity index is 226. The molecule has 0 saturated carbocycles. The number of likely N-dealkylation sites (tertiary alicyclic amines) is 1. The smallest absolute Gasteiger partial charge is 0.384 e. The summed E-state index contributed by atoms with van der Waals surface area (Å²) in [6.45, 7) is 2.03. The summed E-state index contributed by atoms with van der Waals surface area (Å²) >= 11 is 0. The van der Waals surface area contributed by atoms with Crippen LogP contribution in [0.5, 0.6) is 0 Å². The van der Waals surface area contributed by atoms with Gasteiger partial charge in [-0.15, -0.1) is 0 Å². The monoisotopic (exact) mass is 167 g/mol. The van der Waals surface area contributed by atoms with Crippen molar-refractivity contribution in [3.63, 3.8) is 0 Å². The molecular weight excluding hydrogens is 154 g/mol. The van der Waals surface area contributed by atoms with Crippen molar-refractivity contribution in [3.05, 3.63) is 0 Å². The van der Waals surface area contributed by atoms with Gasteiger partial charge in [0.05, 0.1) is 7.11 Å². The van der Waals surface area contributed by atoms with Crippen LogP contribution in [0.4, 0.5) is 0 Å². The molecule has 1 rings (SSSR count). The van der Waals surface area contributed by atoms with Gasteiger partial charge >= 0.3 is 5.97 Å². The standard InChI is InChI=1S/C9H13NO2/c1-10-6-5-8(7-10)3-4-9(11)12-2/h8H,5-7H2,1-2H3. The van der Waals surface area contributed by atoms with Crippen LogP contribution in [0.3, 0.4) is 0 Å². The molecule has 0 aromatic carbocycles. The fourth-order valence-corrected chi connectivity index (χ4v) is 1.26. The van der Waals surface area contributed by atoms with Crippen molar-refractivity contribution in [1.82, 2.24) is 4.90 Å². The molecule has 3 heteroatoms. The van der Waals surface area contributed by atoms with Crippen LogP contribution in [0.2, 0.25) is 0 Å². The van der Waals surface area contributed by atoms with Crippen LogP contribution in [0.1, 0.15) is 6.42 Å². The average molecular weight is 167 g/mol. The van der Waals surface area contributed by atoms with Gasteiger partial charge in [-0.05, 0) is 20.0 Å². The lowest BCUT2D eigenvalue weighted by Crippen LogP contribution is -2.13. The lowest BCUT2D eigenvalue weighted by molar-refractivity contribution is -0.133. The Hall–Kier alpha value is -1.01. The number of hydrogen-bond donors (Lipinski definition) is 0. The van der Waals surface area contributed by atoms with Crippen LogP contribution in [0, 0.1) is 17.8 Å². The summed E-state index contributed by atoms with van der Waals surface area (Å²) in [4.78, 5) is 12.8. The zero-order valence-corrected chi connectivity index (χ0v) is 7.46. The SMILES string of the molecule is COC(=O)C#CC1CCN(C)C1. The van der Waals surface area contributed by atoms with Crippen LogP contribution in [0.25, 0.3) is 0 Å². The number of methoxy groups -OCH3 is 1. The molecule has 0 bridgehead atoms. The summed E-state index contributed by atoms with van der Waals surface area (Å²) < 4.78 is 4.41. The number of ether oxygens (including phenoxy) is 1. The molecule has 1 saturated heterocycles. The maximum absolute atomic E-state index is 10.6. The van der Waals surface area contributed by atoms with Gasteiger partial charge in [0.25, 0.3) is 0 Å². The van der Waals surface area contributed by atoms with Crippen molar-refractivity contribution in [3.8, 4) is 11.8 Å². The van der Waals surface area contributed by atoms with E-state index in [0.717, 1.165) is 19.5 Å². The van der Waals surface area contributed by atoms with Gasteiger partial charge in [0.2, 0.25) is 0 Å². The molecule has 0 aromatic heterocycles. The molecule has 0 spiro atoms. The van der Waals surface area contributed by atoms with E-state index in [-0.39, 0.29) is 0 Å². The third-order valence-electron chi connectivity index (χ3n) is 1.96. The predicted octanol–water partition coefficient (Wildman–Crippen LogP) is 0.114. The second kappa shape index (κ2) is 4.13. The molecule has 0 amide bonds. The van der Waals surface area contributed by atoms with Gasteiger partial charge in [-0.1, -0.05) is 5.92 Å². The Kier molecular flexibility index (Phi) is 3.12. The number of carbonyl (C=O) groups is 1. The van der Waals surface area contributed by atoms with Crippen LogP contribution >= 0.6 is 0 Å². The number of rotatable bonds is 0. The van der Waals surface area contributed by atoms with Gasteiger partial charge in [-0.25, -0.2) is 4.79 Å². The molecule has 1 unspecified atom stereocenters. The topological polar surface area (TPSA) is 29.5 Å². The molecule has 0 radical (unpaired) electrons. The summed E-state index contributed by atoms with van der Waals surface area (Å²) in [7, 11) is 3.40. The first-order valence-electron chi connectivity index (χ1n) is 4.00. The zero-order valence-electron chi connectivity index (χ0n) is 7.46. The molecule has 3 nitrogen and oxygen atoms in total. The van der Waals surface area contributed by atoms with Crippen molar-refractivity contribution >= 4 is 5.97 Å². The molecule has 66 valence electrons. The maximum Gasteiger partial charge on any atom is 0.384 e. The van der Waals surface area contributed by atoms with Crippen LogP contribution in [-0.2, 0) is 9.53 Å². The van der Waals surface area contributed by atoms with Crippen molar-refractivity contribution in [2.24, 2.45) is 5.92 Å². The van der Waals surface area contributed by atoms with Gasteiger partial charge < -0.3 is 9.64 Å². The quantitative estimate of drug-likeness (QED) is 0.291. The first kappa shape index (κ1) is 9.08. The normalized spacial score (nSPS) is 23.0. The Labute approximate surface area is 72.7 Å². The minimum Gasteiger partial charge on any atom is -0.459 e. The summed E-state index contributed by atoms with van der Waals surface area (Å²) in [5.41, 5.74) is 0. The highest BCUT2D eigenvalue weighted by Crippen LogP contribution is 2.12. The van der Waals surface area contributed by atoms with Crippen molar-refractivity contribution < 1.29 is 9.53 Å². The first-order valence-corrected chi connectivity index (χ1v) is 4.00. The highest BCUT2D eigenvalue weighted by Gasteiger charge is 2.16. The van der Waals surface area contributed by atoms with Gasteiger partial charge in [0.15, 0.2) is 0 Å². The van der Waals surface area contributed by atoms with E-state index in [1.165, 1.54) is 7.11 Å². The number of carbonyl (C=O) groups excluding carboxylic acids is 1. The fourth-order valence-electron chi connectivity index (χ4n) is 1.26. The minimum absolute atomic E-state index is 0.342. The van der Waals surface area contributed by atoms with Crippen molar-refractivity contribution in [1.29, 1.82) is 0 Å². The minimum atomic E-state index is -0.440. The highest BCUT2D eigenvalue weighted by atomic mass is 16.5. The van der Waals surface area contributed by atoms with Gasteiger partial charge in [0.1, 0.15) is 0 Å². The molecule has 1 aliphatic heterocycles. The van der Waals surface area contributed by atoms with Crippen LogP contribution in [-0.4, -0.2) is 38.1 Å². The Balaban J connectivity index is 2.39. The van der Waals surface area contributed by atoms with Gasteiger partial charge in [-0.3, -0.25) is 0 Å².